The first-order valence-electron chi connectivity index (χ1n) is 9.60. The van der Waals surface area contributed by atoms with Crippen molar-refractivity contribution in [1.29, 1.82) is 0 Å². The second kappa shape index (κ2) is 9.46. The standard InChI is InChI=1S/C19H19F3N6O2S2/c20-19(21,22)11-28-17(27-5-7-30-8-6-27)25-26-18(28)32-10-14-9-31-16(24-14)13-3-1-12(2-4-13)15(23)29/h1-4,9H,5-8,10-11H2,(H2,23,29). The zero-order valence-electron chi connectivity index (χ0n) is 16.7. The number of alkyl halides is 3. The first-order valence-corrected chi connectivity index (χ1v) is 11.5. The van der Waals surface area contributed by atoms with Crippen LogP contribution in [0.5, 0.6) is 0 Å². The molecule has 8 nitrogen and oxygen atoms in total. The van der Waals surface area contributed by atoms with E-state index in [1.807, 2.05) is 5.38 Å². The fraction of sp³-hybridized carbons (Fsp3) is 0.368. The molecule has 2 aromatic heterocycles. The molecule has 0 atom stereocenters. The van der Waals surface area contributed by atoms with Crippen LogP contribution in [0.2, 0.25) is 0 Å². The lowest BCUT2D eigenvalue weighted by molar-refractivity contribution is -0.141. The van der Waals surface area contributed by atoms with Crippen molar-refractivity contribution in [2.45, 2.75) is 23.6 Å². The molecule has 32 heavy (non-hydrogen) atoms. The van der Waals surface area contributed by atoms with Crippen LogP contribution in [0.1, 0.15) is 16.1 Å². The average Bonchev–Trinajstić information content (AvgIpc) is 3.39. The molecule has 1 aromatic carbocycles. The predicted molar refractivity (Wildman–Crippen MR) is 115 cm³/mol. The fourth-order valence-corrected chi connectivity index (χ4v) is 4.88. The van der Waals surface area contributed by atoms with Crippen molar-refractivity contribution in [3.05, 3.63) is 40.9 Å². The largest absolute Gasteiger partial charge is 0.406 e. The van der Waals surface area contributed by atoms with Crippen LogP contribution >= 0.6 is 23.1 Å². The number of anilines is 1. The topological polar surface area (TPSA) is 99.2 Å². The van der Waals surface area contributed by atoms with Gasteiger partial charge in [0.25, 0.3) is 0 Å². The van der Waals surface area contributed by atoms with Crippen molar-refractivity contribution in [1.82, 2.24) is 19.7 Å². The molecule has 0 radical (unpaired) electrons. The quantitative estimate of drug-likeness (QED) is 0.514. The number of primary amides is 1. The number of thioether (sulfide) groups is 1. The van der Waals surface area contributed by atoms with Crippen LogP contribution in [-0.2, 0) is 17.0 Å². The number of carbonyl (C=O) groups excluding carboxylic acids is 1. The van der Waals surface area contributed by atoms with Crippen LogP contribution in [0, 0.1) is 0 Å². The number of nitrogens with two attached hydrogens (primary N) is 1. The highest BCUT2D eigenvalue weighted by atomic mass is 32.2. The summed E-state index contributed by atoms with van der Waals surface area (Å²) < 4.78 is 46.0. The maximum Gasteiger partial charge on any atom is 0.406 e. The zero-order valence-corrected chi connectivity index (χ0v) is 18.3. The molecule has 1 aliphatic heterocycles. The minimum absolute atomic E-state index is 0.184. The van der Waals surface area contributed by atoms with E-state index >= 15 is 0 Å². The average molecular weight is 485 g/mol. The van der Waals surface area contributed by atoms with Gasteiger partial charge in [-0.25, -0.2) is 4.98 Å². The molecule has 2 N–H and O–H groups in total. The van der Waals surface area contributed by atoms with Gasteiger partial charge >= 0.3 is 6.18 Å². The Labute approximate surface area is 189 Å². The second-order valence-corrected chi connectivity index (χ2v) is 8.76. The van der Waals surface area contributed by atoms with Crippen LogP contribution in [0.4, 0.5) is 19.1 Å². The van der Waals surface area contributed by atoms with E-state index in [1.54, 1.807) is 29.2 Å². The summed E-state index contributed by atoms with van der Waals surface area (Å²) in [5, 5.41) is 10.8. The van der Waals surface area contributed by atoms with Gasteiger partial charge in [0.05, 0.1) is 18.9 Å². The van der Waals surface area contributed by atoms with Crippen molar-refractivity contribution in [2.24, 2.45) is 5.73 Å². The molecule has 1 aliphatic rings. The number of benzene rings is 1. The molecule has 0 aliphatic carbocycles. The minimum atomic E-state index is -4.40. The lowest BCUT2D eigenvalue weighted by Crippen LogP contribution is -2.38. The van der Waals surface area contributed by atoms with Gasteiger partial charge in [-0.3, -0.25) is 9.36 Å². The van der Waals surface area contributed by atoms with Gasteiger partial charge in [0, 0.05) is 35.3 Å². The number of rotatable bonds is 7. The van der Waals surface area contributed by atoms with E-state index in [0.717, 1.165) is 26.9 Å². The number of hydrogen-bond donors (Lipinski definition) is 1. The van der Waals surface area contributed by atoms with E-state index in [4.69, 9.17) is 10.5 Å². The van der Waals surface area contributed by atoms with Crippen LogP contribution in [0.3, 0.4) is 0 Å². The van der Waals surface area contributed by atoms with E-state index in [0.29, 0.717) is 43.3 Å². The number of ether oxygens (including phenoxy) is 1. The Morgan fingerprint density at radius 1 is 1.19 bits per heavy atom. The van der Waals surface area contributed by atoms with E-state index in [9.17, 15) is 18.0 Å². The lowest BCUT2D eigenvalue weighted by atomic mass is 10.1. The third-order valence-electron chi connectivity index (χ3n) is 4.65. The third kappa shape index (κ3) is 5.40. The third-order valence-corrected chi connectivity index (χ3v) is 6.59. The van der Waals surface area contributed by atoms with Gasteiger partial charge in [-0.1, -0.05) is 23.9 Å². The number of thiazole rings is 1. The van der Waals surface area contributed by atoms with Gasteiger partial charge in [-0.05, 0) is 12.1 Å². The first-order chi connectivity index (χ1) is 15.3. The van der Waals surface area contributed by atoms with Crippen LogP contribution < -0.4 is 10.6 Å². The smallest absolute Gasteiger partial charge is 0.378 e. The molecule has 1 amide bonds. The maximum absolute atomic E-state index is 13.2. The fourth-order valence-electron chi connectivity index (χ4n) is 3.12. The summed E-state index contributed by atoms with van der Waals surface area (Å²) in [4.78, 5) is 17.5. The highest BCUT2D eigenvalue weighted by molar-refractivity contribution is 7.98. The Hall–Kier alpha value is -2.64. The van der Waals surface area contributed by atoms with E-state index in [1.165, 1.54) is 11.3 Å². The molecular weight excluding hydrogens is 465 g/mol. The molecule has 0 bridgehead atoms. The number of amides is 1. The van der Waals surface area contributed by atoms with Crippen LogP contribution in [-0.4, -0.2) is 58.1 Å². The Bertz CT molecular complexity index is 1080. The number of morpholine rings is 1. The van der Waals surface area contributed by atoms with Crippen LogP contribution in [0.15, 0.2) is 34.8 Å². The van der Waals surface area contributed by atoms with E-state index in [-0.39, 0.29) is 11.1 Å². The summed E-state index contributed by atoms with van der Waals surface area (Å²) >= 11 is 2.56. The summed E-state index contributed by atoms with van der Waals surface area (Å²) in [6.07, 6.45) is -4.40. The number of nitrogens with zero attached hydrogens (tertiary/aromatic N) is 5. The minimum Gasteiger partial charge on any atom is -0.378 e. The second-order valence-electron chi connectivity index (χ2n) is 6.96. The molecule has 13 heteroatoms. The highest BCUT2D eigenvalue weighted by Gasteiger charge is 2.32. The highest BCUT2D eigenvalue weighted by Crippen LogP contribution is 2.31. The Morgan fingerprint density at radius 2 is 1.91 bits per heavy atom. The van der Waals surface area contributed by atoms with Gasteiger partial charge in [-0.2, -0.15) is 13.2 Å². The van der Waals surface area contributed by atoms with E-state index in [2.05, 4.69) is 15.2 Å². The molecule has 1 fully saturated rings. The normalized spacial score (nSPS) is 14.7. The monoisotopic (exact) mass is 484 g/mol. The van der Waals surface area contributed by atoms with Gasteiger partial charge in [0.2, 0.25) is 11.9 Å². The molecule has 170 valence electrons. The van der Waals surface area contributed by atoms with Gasteiger partial charge in [-0.15, -0.1) is 21.5 Å². The molecule has 3 aromatic rings. The summed E-state index contributed by atoms with van der Waals surface area (Å²) in [5.41, 5.74) is 7.19. The van der Waals surface area contributed by atoms with Crippen molar-refractivity contribution >= 4 is 35.0 Å². The molecule has 1 saturated heterocycles. The van der Waals surface area contributed by atoms with Gasteiger partial charge < -0.3 is 15.4 Å². The Balaban J connectivity index is 1.48. The number of hydrogen-bond acceptors (Lipinski definition) is 8. The summed E-state index contributed by atoms with van der Waals surface area (Å²) in [5.74, 6) is 0.0310. The van der Waals surface area contributed by atoms with Gasteiger partial charge in [0.1, 0.15) is 11.6 Å². The van der Waals surface area contributed by atoms with Crippen molar-refractivity contribution in [3.63, 3.8) is 0 Å². The van der Waals surface area contributed by atoms with Crippen molar-refractivity contribution < 1.29 is 22.7 Å². The van der Waals surface area contributed by atoms with Crippen molar-refractivity contribution in [3.8, 4) is 10.6 Å². The Kier molecular flexibility index (Phi) is 6.67. The molecule has 3 heterocycles. The molecule has 0 saturated carbocycles. The predicted octanol–water partition coefficient (Wildman–Crippen LogP) is 3.19. The zero-order chi connectivity index (χ0) is 22.7. The number of carbonyl (C=O) groups is 1. The van der Waals surface area contributed by atoms with E-state index < -0.39 is 18.6 Å². The number of halogens is 3. The molecule has 4 rings (SSSR count). The maximum atomic E-state index is 13.2. The molecule has 0 spiro atoms. The molecule has 0 unspecified atom stereocenters. The lowest BCUT2D eigenvalue weighted by Gasteiger charge is -2.28. The van der Waals surface area contributed by atoms with Gasteiger partial charge in [0.15, 0.2) is 5.16 Å². The summed E-state index contributed by atoms with van der Waals surface area (Å²) in [7, 11) is 0. The number of aromatic nitrogens is 4. The van der Waals surface area contributed by atoms with Crippen LogP contribution in [0.25, 0.3) is 10.6 Å². The molecular formula is C19H19F3N6O2S2. The summed E-state index contributed by atoms with van der Waals surface area (Å²) in [6.45, 7) is 0.631. The first kappa shape index (κ1) is 22.6. The SMILES string of the molecule is NC(=O)c1ccc(-c2nc(CSc3nnc(N4CCOCC4)n3CC(F)(F)F)cs2)cc1. The summed E-state index contributed by atoms with van der Waals surface area (Å²) in [6, 6.07) is 6.76. The van der Waals surface area contributed by atoms with Crippen molar-refractivity contribution in [2.75, 3.05) is 31.2 Å². The Morgan fingerprint density at radius 3 is 2.56 bits per heavy atom.